The number of hydrogen-bond donors (Lipinski definition) is 2. The second kappa shape index (κ2) is 9.06. The maximum atomic E-state index is 6.08. The van der Waals surface area contributed by atoms with Gasteiger partial charge in [0.15, 0.2) is 0 Å². The number of methoxy groups -OCH3 is 1. The van der Waals surface area contributed by atoms with Crippen LogP contribution < -0.4 is 20.5 Å². The van der Waals surface area contributed by atoms with Crippen molar-refractivity contribution < 1.29 is 9.47 Å². The number of benzene rings is 2. The Labute approximate surface area is 145 Å². The molecule has 0 saturated heterocycles. The van der Waals surface area contributed by atoms with Crippen LogP contribution in [-0.2, 0) is 6.42 Å². The zero-order chi connectivity index (χ0) is 17.4. The van der Waals surface area contributed by atoms with Gasteiger partial charge in [-0.05, 0) is 48.6 Å². The minimum atomic E-state index is 0.491. The highest BCUT2D eigenvalue weighted by Crippen LogP contribution is 2.25. The third kappa shape index (κ3) is 5.37. The Morgan fingerprint density at radius 1 is 1.08 bits per heavy atom. The second-order valence-corrected chi connectivity index (χ2v) is 6.31. The van der Waals surface area contributed by atoms with E-state index in [1.54, 1.807) is 7.11 Å². The quantitative estimate of drug-likeness (QED) is 0.530. The summed E-state index contributed by atoms with van der Waals surface area (Å²) < 4.78 is 11.0. The molecule has 4 heteroatoms. The van der Waals surface area contributed by atoms with Crippen molar-refractivity contribution in [3.05, 3.63) is 48.0 Å². The molecule has 0 atom stereocenters. The van der Waals surface area contributed by atoms with E-state index in [1.165, 1.54) is 5.56 Å². The fraction of sp³-hybridized carbons (Fsp3) is 0.400. The van der Waals surface area contributed by atoms with Gasteiger partial charge in [0.05, 0.1) is 25.1 Å². The van der Waals surface area contributed by atoms with E-state index in [9.17, 15) is 0 Å². The second-order valence-electron chi connectivity index (χ2n) is 6.31. The van der Waals surface area contributed by atoms with E-state index in [1.807, 2.05) is 36.4 Å². The first kappa shape index (κ1) is 18.0. The van der Waals surface area contributed by atoms with Gasteiger partial charge < -0.3 is 20.5 Å². The van der Waals surface area contributed by atoms with Gasteiger partial charge in [-0.25, -0.2) is 0 Å². The van der Waals surface area contributed by atoms with E-state index in [0.29, 0.717) is 18.2 Å². The average Bonchev–Trinajstić information content (AvgIpc) is 2.58. The maximum absolute atomic E-state index is 6.08. The Morgan fingerprint density at radius 2 is 1.88 bits per heavy atom. The summed E-state index contributed by atoms with van der Waals surface area (Å²) in [6, 6.07) is 14.0. The van der Waals surface area contributed by atoms with Gasteiger partial charge in [0.25, 0.3) is 0 Å². The number of para-hydroxylation sites is 2. The predicted octanol–water partition coefficient (Wildman–Crippen LogP) is 4.36. The molecule has 0 spiro atoms. The molecule has 0 unspecified atom stereocenters. The summed E-state index contributed by atoms with van der Waals surface area (Å²) >= 11 is 0. The highest BCUT2D eigenvalue weighted by molar-refractivity contribution is 5.56. The molecule has 0 amide bonds. The molecular weight excluding hydrogens is 300 g/mol. The Morgan fingerprint density at radius 3 is 2.58 bits per heavy atom. The van der Waals surface area contributed by atoms with E-state index in [4.69, 9.17) is 15.2 Å². The third-order valence-corrected chi connectivity index (χ3v) is 3.71. The van der Waals surface area contributed by atoms with Crippen molar-refractivity contribution in [1.29, 1.82) is 0 Å². The summed E-state index contributed by atoms with van der Waals surface area (Å²) in [5, 5.41) is 3.41. The summed E-state index contributed by atoms with van der Waals surface area (Å²) in [7, 11) is 1.69. The fourth-order valence-corrected chi connectivity index (χ4v) is 2.45. The van der Waals surface area contributed by atoms with Gasteiger partial charge in [0, 0.05) is 6.54 Å². The number of nitrogen functional groups attached to an aromatic ring is 1. The van der Waals surface area contributed by atoms with E-state index in [-0.39, 0.29) is 0 Å². The van der Waals surface area contributed by atoms with E-state index < -0.39 is 0 Å². The van der Waals surface area contributed by atoms with Crippen LogP contribution in [0.5, 0.6) is 11.5 Å². The molecule has 0 heterocycles. The lowest BCUT2D eigenvalue weighted by Crippen LogP contribution is -2.07. The molecule has 4 nitrogen and oxygen atoms in total. The lowest BCUT2D eigenvalue weighted by Gasteiger charge is -2.13. The number of ether oxygens (including phenoxy) is 2. The number of rotatable bonds is 9. The summed E-state index contributed by atoms with van der Waals surface area (Å²) in [4.78, 5) is 0. The standard InChI is InChI=1S/C20H28N2O2/c1-15(2)14-24-19-11-10-16(13-17(19)21)7-6-12-22-18-8-4-5-9-20(18)23-3/h4-5,8-11,13,15,22H,6-7,12,14,21H2,1-3H3. The molecule has 0 radical (unpaired) electrons. The van der Waals surface area contributed by atoms with Crippen LogP contribution >= 0.6 is 0 Å². The fourth-order valence-electron chi connectivity index (χ4n) is 2.45. The third-order valence-electron chi connectivity index (χ3n) is 3.71. The molecule has 0 saturated carbocycles. The molecule has 3 N–H and O–H groups in total. The largest absolute Gasteiger partial charge is 0.495 e. The molecule has 2 aromatic rings. The maximum Gasteiger partial charge on any atom is 0.142 e. The minimum absolute atomic E-state index is 0.491. The Hall–Kier alpha value is -2.36. The number of aryl methyl sites for hydroxylation is 1. The lowest BCUT2D eigenvalue weighted by molar-refractivity contribution is 0.272. The van der Waals surface area contributed by atoms with Gasteiger partial charge in [0.1, 0.15) is 11.5 Å². The minimum Gasteiger partial charge on any atom is -0.495 e. The van der Waals surface area contributed by atoms with Crippen LogP contribution in [0, 0.1) is 5.92 Å². The zero-order valence-electron chi connectivity index (χ0n) is 14.8. The van der Waals surface area contributed by atoms with Gasteiger partial charge in [-0.15, -0.1) is 0 Å². The Kier molecular flexibility index (Phi) is 6.79. The van der Waals surface area contributed by atoms with Crippen LogP contribution in [0.3, 0.4) is 0 Å². The van der Waals surface area contributed by atoms with Crippen molar-refractivity contribution in [3.8, 4) is 11.5 Å². The average molecular weight is 328 g/mol. The number of hydrogen-bond acceptors (Lipinski definition) is 4. The van der Waals surface area contributed by atoms with Crippen LogP contribution in [0.25, 0.3) is 0 Å². The molecule has 0 aliphatic heterocycles. The molecule has 2 rings (SSSR count). The highest BCUT2D eigenvalue weighted by Gasteiger charge is 2.04. The molecule has 24 heavy (non-hydrogen) atoms. The Balaban J connectivity index is 1.81. The molecule has 2 aromatic carbocycles. The highest BCUT2D eigenvalue weighted by atomic mass is 16.5. The molecule has 130 valence electrons. The molecule has 0 aromatic heterocycles. The van der Waals surface area contributed by atoms with Crippen molar-refractivity contribution in [2.24, 2.45) is 5.92 Å². The first-order valence-electron chi connectivity index (χ1n) is 8.48. The van der Waals surface area contributed by atoms with Crippen LogP contribution in [0.15, 0.2) is 42.5 Å². The predicted molar refractivity (Wildman–Crippen MR) is 101 cm³/mol. The SMILES string of the molecule is COc1ccccc1NCCCc1ccc(OCC(C)C)c(N)c1. The van der Waals surface area contributed by atoms with E-state index in [2.05, 4.69) is 25.2 Å². The number of nitrogens with two attached hydrogens (primary N) is 1. The molecule has 0 aliphatic carbocycles. The van der Waals surface area contributed by atoms with Gasteiger partial charge in [-0.1, -0.05) is 32.0 Å². The zero-order valence-corrected chi connectivity index (χ0v) is 14.8. The topological polar surface area (TPSA) is 56.5 Å². The number of nitrogens with one attached hydrogen (secondary N) is 1. The monoisotopic (exact) mass is 328 g/mol. The lowest BCUT2D eigenvalue weighted by atomic mass is 10.1. The summed E-state index contributed by atoms with van der Waals surface area (Å²) in [5.41, 5.74) is 9.05. The van der Waals surface area contributed by atoms with Crippen LogP contribution in [-0.4, -0.2) is 20.3 Å². The summed E-state index contributed by atoms with van der Waals surface area (Å²) in [6.07, 6.45) is 1.99. The van der Waals surface area contributed by atoms with Crippen LogP contribution in [0.4, 0.5) is 11.4 Å². The van der Waals surface area contributed by atoms with Crippen molar-refractivity contribution in [3.63, 3.8) is 0 Å². The normalized spacial score (nSPS) is 10.7. The van der Waals surface area contributed by atoms with Crippen molar-refractivity contribution in [2.75, 3.05) is 31.3 Å². The van der Waals surface area contributed by atoms with E-state index in [0.717, 1.165) is 36.6 Å². The van der Waals surface area contributed by atoms with Crippen molar-refractivity contribution in [1.82, 2.24) is 0 Å². The Bertz CT molecular complexity index is 641. The van der Waals surface area contributed by atoms with Gasteiger partial charge in [-0.2, -0.15) is 0 Å². The molecule has 0 aliphatic rings. The molecular formula is C20H28N2O2. The van der Waals surface area contributed by atoms with Gasteiger partial charge >= 0.3 is 0 Å². The molecule has 0 fully saturated rings. The first-order valence-corrected chi connectivity index (χ1v) is 8.48. The summed E-state index contributed by atoms with van der Waals surface area (Å²) in [5.74, 6) is 2.14. The van der Waals surface area contributed by atoms with Crippen molar-refractivity contribution in [2.45, 2.75) is 26.7 Å². The van der Waals surface area contributed by atoms with Gasteiger partial charge in [0.2, 0.25) is 0 Å². The van der Waals surface area contributed by atoms with Crippen molar-refractivity contribution >= 4 is 11.4 Å². The number of anilines is 2. The van der Waals surface area contributed by atoms with E-state index >= 15 is 0 Å². The smallest absolute Gasteiger partial charge is 0.142 e. The van der Waals surface area contributed by atoms with Crippen LogP contribution in [0.1, 0.15) is 25.8 Å². The van der Waals surface area contributed by atoms with Gasteiger partial charge in [-0.3, -0.25) is 0 Å². The first-order chi connectivity index (χ1) is 11.6. The van der Waals surface area contributed by atoms with Crippen LogP contribution in [0.2, 0.25) is 0 Å². The molecule has 0 bridgehead atoms. The summed E-state index contributed by atoms with van der Waals surface area (Å²) in [6.45, 7) is 5.82.